The minimum atomic E-state index is -2.30. The van der Waals surface area contributed by atoms with Crippen LogP contribution in [0.25, 0.3) is 0 Å². The monoisotopic (exact) mass is 666 g/mol. The smallest absolute Gasteiger partial charge is 0.338 e. The van der Waals surface area contributed by atoms with Gasteiger partial charge in [-0.1, -0.05) is 25.1 Å². The van der Waals surface area contributed by atoms with E-state index in [0.29, 0.717) is 0 Å². The van der Waals surface area contributed by atoms with E-state index in [4.69, 9.17) is 30.5 Å². The number of carbonyl (C=O) groups excluding carboxylic acids is 4. The van der Waals surface area contributed by atoms with Crippen LogP contribution in [0, 0.1) is 16.7 Å². The lowest BCUT2D eigenvalue weighted by Crippen LogP contribution is -2.73. The Bertz CT molecular complexity index is 1400. The summed E-state index contributed by atoms with van der Waals surface area (Å²) in [5, 5.41) is 48.4. The lowest BCUT2D eigenvalue weighted by atomic mass is 9.51. The largest absolute Gasteiger partial charge is 0.462 e. The number of fused-ring (bicyclic) bond motifs is 2. The Labute approximate surface area is 272 Å². The molecule has 13 heteroatoms. The number of aliphatic hydroxyl groups excluding tert-OH is 2. The third-order valence-corrected chi connectivity index (χ3v) is 10.7. The molecule has 0 spiro atoms. The Morgan fingerprint density at radius 2 is 1.46 bits per heavy atom. The van der Waals surface area contributed by atoms with Crippen LogP contribution in [-0.2, 0) is 33.3 Å². The van der Waals surface area contributed by atoms with E-state index >= 15 is 0 Å². The second kappa shape index (κ2) is 12.5. The van der Waals surface area contributed by atoms with Crippen LogP contribution in [0.2, 0.25) is 0 Å². The molecule has 10 atom stereocenters. The quantitative estimate of drug-likeness (QED) is 0.144. The van der Waals surface area contributed by atoms with Crippen LogP contribution in [0.1, 0.15) is 71.7 Å². The third kappa shape index (κ3) is 5.61. The summed E-state index contributed by atoms with van der Waals surface area (Å²) in [6.07, 6.45) is -9.77. The van der Waals surface area contributed by atoms with E-state index in [9.17, 15) is 39.6 Å². The number of halogens is 1. The van der Waals surface area contributed by atoms with E-state index in [2.05, 4.69) is 0 Å². The summed E-state index contributed by atoms with van der Waals surface area (Å²) in [5.41, 5.74) is -7.48. The molecule has 10 unspecified atom stereocenters. The summed E-state index contributed by atoms with van der Waals surface area (Å²) in [5.74, 6) is -5.49. The molecule has 3 aliphatic carbocycles. The van der Waals surface area contributed by atoms with Gasteiger partial charge >= 0.3 is 23.9 Å². The first-order valence-corrected chi connectivity index (χ1v) is 15.7. The zero-order chi connectivity index (χ0) is 34.6. The van der Waals surface area contributed by atoms with Crippen LogP contribution < -0.4 is 0 Å². The van der Waals surface area contributed by atoms with Gasteiger partial charge in [0.1, 0.15) is 36.1 Å². The molecule has 4 rings (SSSR count). The molecule has 0 aliphatic heterocycles. The molecule has 1 aromatic rings. The SMILES string of the molecule is CC(=O)OC1CC(OC(C)=O)C2(C)C(OC(=O)c3ccccc3)C(O)C3=C(C)C(O)CC3(C(C)(C)O)C(OC(C)=O)C2C1(O)CCl. The van der Waals surface area contributed by atoms with Gasteiger partial charge < -0.3 is 39.4 Å². The van der Waals surface area contributed by atoms with E-state index in [1.54, 1.807) is 18.2 Å². The number of hydrogen-bond donors (Lipinski definition) is 4. The van der Waals surface area contributed by atoms with Crippen molar-refractivity contribution in [1.82, 2.24) is 0 Å². The molecule has 4 N–H and O–H groups in total. The van der Waals surface area contributed by atoms with Gasteiger partial charge in [-0.25, -0.2) is 4.79 Å². The predicted octanol–water partition coefficient (Wildman–Crippen LogP) is 2.22. The number of alkyl halides is 1. The minimum absolute atomic E-state index is 0.0303. The van der Waals surface area contributed by atoms with Crippen molar-refractivity contribution in [2.75, 3.05) is 5.88 Å². The molecule has 2 saturated carbocycles. The fourth-order valence-corrected chi connectivity index (χ4v) is 8.64. The fraction of sp³-hybridized carbons (Fsp3) is 0.636. The molecule has 1 aromatic carbocycles. The standard InChI is InChI=1S/C33H43ClO12/c1-16-21(38)14-32(30(5,6)41)24(16)25(39)27(46-29(40)20-11-9-8-10-12-20)31(7)22(43-17(2)35)13-23(44-18(3)36)33(42,15-34)26(31)28(32)45-19(4)37/h8-12,21-23,25-28,38-39,41-42H,13-15H2,1-7H3. The van der Waals surface area contributed by atoms with Crippen molar-refractivity contribution < 1.29 is 58.6 Å². The fourth-order valence-electron chi connectivity index (χ4n) is 8.30. The zero-order valence-electron chi connectivity index (χ0n) is 27.0. The van der Waals surface area contributed by atoms with Gasteiger partial charge in [0, 0.05) is 33.1 Å². The summed E-state index contributed by atoms with van der Waals surface area (Å²) >= 11 is 6.55. The van der Waals surface area contributed by atoms with E-state index in [0.717, 1.165) is 20.8 Å². The lowest BCUT2D eigenvalue weighted by molar-refractivity contribution is -0.279. The maximum Gasteiger partial charge on any atom is 0.338 e. The Morgan fingerprint density at radius 3 is 1.96 bits per heavy atom. The summed E-state index contributed by atoms with van der Waals surface area (Å²) < 4.78 is 23.6. The van der Waals surface area contributed by atoms with Crippen LogP contribution in [0.5, 0.6) is 0 Å². The van der Waals surface area contributed by atoms with Crippen molar-refractivity contribution >= 4 is 35.5 Å². The molecule has 254 valence electrons. The minimum Gasteiger partial charge on any atom is -0.462 e. The first-order valence-electron chi connectivity index (χ1n) is 15.1. The van der Waals surface area contributed by atoms with Crippen molar-refractivity contribution in [3.05, 3.63) is 47.0 Å². The van der Waals surface area contributed by atoms with Gasteiger partial charge in [-0.05, 0) is 50.5 Å². The Balaban J connectivity index is 2.17. The van der Waals surface area contributed by atoms with Crippen LogP contribution >= 0.6 is 11.6 Å². The number of carbonyl (C=O) groups is 4. The molecule has 0 heterocycles. The molecule has 2 fully saturated rings. The third-order valence-electron chi connectivity index (χ3n) is 10.3. The first-order chi connectivity index (χ1) is 21.3. The number of ether oxygens (including phenoxy) is 4. The number of esters is 4. The number of aliphatic hydroxyl groups is 4. The second-order valence-electron chi connectivity index (χ2n) is 13.4. The molecular formula is C33H43ClO12. The molecule has 0 aromatic heterocycles. The highest BCUT2D eigenvalue weighted by atomic mass is 35.5. The highest BCUT2D eigenvalue weighted by Crippen LogP contribution is 2.66. The zero-order valence-corrected chi connectivity index (χ0v) is 27.7. The average molecular weight is 667 g/mol. The summed E-state index contributed by atoms with van der Waals surface area (Å²) in [4.78, 5) is 51.7. The van der Waals surface area contributed by atoms with E-state index in [-0.39, 0.29) is 29.6 Å². The van der Waals surface area contributed by atoms with Gasteiger partial charge in [-0.15, -0.1) is 11.6 Å². The summed E-state index contributed by atoms with van der Waals surface area (Å²) in [6, 6.07) is 7.90. The Hall–Kier alpha value is -3.03. The lowest BCUT2D eigenvalue weighted by Gasteiger charge is -2.60. The summed E-state index contributed by atoms with van der Waals surface area (Å²) in [6.45, 7) is 9.22. The van der Waals surface area contributed by atoms with Gasteiger partial charge in [-0.2, -0.15) is 0 Å². The van der Waals surface area contributed by atoms with Crippen LogP contribution in [-0.4, -0.2) is 98.0 Å². The normalized spacial score (nSPS) is 37.3. The van der Waals surface area contributed by atoms with Crippen LogP contribution in [0.15, 0.2) is 41.5 Å². The van der Waals surface area contributed by atoms with Crippen molar-refractivity contribution in [2.24, 2.45) is 16.7 Å². The van der Waals surface area contributed by atoms with Crippen molar-refractivity contribution in [3.8, 4) is 0 Å². The average Bonchev–Trinajstić information content (AvgIpc) is 3.20. The molecular weight excluding hydrogens is 624 g/mol. The van der Waals surface area contributed by atoms with Gasteiger partial charge in [0.05, 0.1) is 34.0 Å². The van der Waals surface area contributed by atoms with Crippen LogP contribution in [0.3, 0.4) is 0 Å². The van der Waals surface area contributed by atoms with Crippen molar-refractivity contribution in [3.63, 3.8) is 0 Å². The van der Waals surface area contributed by atoms with E-state index < -0.39 is 94.3 Å². The summed E-state index contributed by atoms with van der Waals surface area (Å²) in [7, 11) is 0. The Morgan fingerprint density at radius 1 is 0.913 bits per heavy atom. The van der Waals surface area contributed by atoms with E-state index in [1.165, 1.54) is 39.8 Å². The number of benzene rings is 1. The molecule has 0 saturated heterocycles. The predicted molar refractivity (Wildman–Crippen MR) is 162 cm³/mol. The Kier molecular flexibility index (Phi) is 9.76. The van der Waals surface area contributed by atoms with Crippen molar-refractivity contribution in [1.29, 1.82) is 0 Å². The van der Waals surface area contributed by atoms with Gasteiger partial charge in [0.2, 0.25) is 0 Å². The van der Waals surface area contributed by atoms with Crippen molar-refractivity contribution in [2.45, 2.75) is 109 Å². The molecule has 0 amide bonds. The topological polar surface area (TPSA) is 186 Å². The van der Waals surface area contributed by atoms with Gasteiger partial charge in [0.15, 0.2) is 0 Å². The molecule has 12 nitrogen and oxygen atoms in total. The molecule has 0 bridgehead atoms. The number of rotatable bonds is 7. The first kappa shape index (κ1) is 35.8. The van der Waals surface area contributed by atoms with Gasteiger partial charge in [0.25, 0.3) is 0 Å². The van der Waals surface area contributed by atoms with E-state index in [1.807, 2.05) is 0 Å². The van der Waals surface area contributed by atoms with Gasteiger partial charge in [-0.3, -0.25) is 14.4 Å². The maximum absolute atomic E-state index is 13.7. The molecule has 3 aliphatic rings. The molecule has 46 heavy (non-hydrogen) atoms. The highest BCUT2D eigenvalue weighted by molar-refractivity contribution is 6.18. The second-order valence-corrected chi connectivity index (χ2v) is 13.7. The molecule has 0 radical (unpaired) electrons. The number of hydrogen-bond acceptors (Lipinski definition) is 12. The highest BCUT2D eigenvalue weighted by Gasteiger charge is 2.77. The maximum atomic E-state index is 13.7. The van der Waals surface area contributed by atoms with Crippen LogP contribution in [0.4, 0.5) is 0 Å².